The van der Waals surface area contributed by atoms with Crippen LogP contribution in [0.5, 0.6) is 0 Å². The highest BCUT2D eigenvalue weighted by Gasteiger charge is 2.18. The van der Waals surface area contributed by atoms with Crippen molar-refractivity contribution in [2.45, 2.75) is 26.8 Å². The summed E-state index contributed by atoms with van der Waals surface area (Å²) < 4.78 is 0. The molecular weight excluding hydrogens is 278 g/mol. The second kappa shape index (κ2) is 6.42. The van der Waals surface area contributed by atoms with Gasteiger partial charge in [0.05, 0.1) is 6.54 Å². The number of rotatable bonds is 6. The van der Waals surface area contributed by atoms with Crippen LogP contribution in [-0.2, 0) is 6.54 Å². The Morgan fingerprint density at radius 1 is 1.45 bits per heavy atom. The van der Waals surface area contributed by atoms with Gasteiger partial charge in [-0.1, -0.05) is 18.3 Å². The van der Waals surface area contributed by atoms with Gasteiger partial charge in [0, 0.05) is 13.6 Å². The predicted molar refractivity (Wildman–Crippen MR) is 75.6 cm³/mol. The minimum atomic E-state index is -0.186. The van der Waals surface area contributed by atoms with Gasteiger partial charge in [-0.25, -0.2) is 4.98 Å². The molecule has 0 aliphatic carbocycles. The van der Waals surface area contributed by atoms with E-state index < -0.39 is 0 Å². The quantitative estimate of drug-likeness (QED) is 0.826. The van der Waals surface area contributed by atoms with E-state index >= 15 is 0 Å². The molecule has 0 atom stereocenters. The zero-order valence-electron chi connectivity index (χ0n) is 11.7. The summed E-state index contributed by atoms with van der Waals surface area (Å²) in [5, 5.41) is 18.7. The molecule has 108 valence electrons. The zero-order chi connectivity index (χ0) is 14.5. The predicted octanol–water partition coefficient (Wildman–Crippen LogP) is 1.06. The highest BCUT2D eigenvalue weighted by atomic mass is 32.1. The molecule has 8 nitrogen and oxygen atoms in total. The monoisotopic (exact) mass is 295 g/mol. The fourth-order valence-corrected chi connectivity index (χ4v) is 2.28. The highest BCUT2D eigenvalue weighted by Crippen LogP contribution is 2.17. The molecule has 0 saturated carbocycles. The van der Waals surface area contributed by atoms with E-state index in [0.29, 0.717) is 22.5 Å². The van der Waals surface area contributed by atoms with Crippen molar-refractivity contribution in [1.82, 2.24) is 30.3 Å². The number of aryl methyl sites for hydroxylation is 1. The topological polar surface area (TPSA) is 99.7 Å². The summed E-state index contributed by atoms with van der Waals surface area (Å²) in [6, 6.07) is 0. The number of carbonyl (C=O) groups excluding carboxylic acids is 1. The van der Waals surface area contributed by atoms with Crippen molar-refractivity contribution in [1.29, 1.82) is 0 Å². The van der Waals surface area contributed by atoms with Crippen LogP contribution in [0.25, 0.3) is 0 Å². The Balaban J connectivity index is 1.97. The van der Waals surface area contributed by atoms with Crippen LogP contribution in [0.3, 0.4) is 0 Å². The average Bonchev–Trinajstić information content (AvgIpc) is 3.04. The number of aromatic nitrogens is 5. The maximum Gasteiger partial charge on any atom is 0.285 e. The van der Waals surface area contributed by atoms with Gasteiger partial charge in [0.15, 0.2) is 5.82 Å². The molecule has 2 aromatic heterocycles. The molecular formula is C11H17N7OS. The van der Waals surface area contributed by atoms with Gasteiger partial charge in [0.2, 0.25) is 10.1 Å². The lowest BCUT2D eigenvalue weighted by atomic mass is 10.5. The molecule has 0 aromatic carbocycles. The maximum atomic E-state index is 12.2. The van der Waals surface area contributed by atoms with Crippen LogP contribution in [0.2, 0.25) is 0 Å². The van der Waals surface area contributed by atoms with Crippen molar-refractivity contribution >= 4 is 22.4 Å². The molecule has 0 saturated heterocycles. The summed E-state index contributed by atoms with van der Waals surface area (Å²) in [4.78, 5) is 17.9. The molecule has 0 aliphatic rings. The summed E-state index contributed by atoms with van der Waals surface area (Å²) in [6.07, 6.45) is 0.993. The minimum Gasteiger partial charge on any atom is -0.360 e. The van der Waals surface area contributed by atoms with E-state index in [9.17, 15) is 4.79 Å². The molecule has 0 bridgehead atoms. The maximum absolute atomic E-state index is 12.2. The van der Waals surface area contributed by atoms with E-state index in [0.717, 1.165) is 18.8 Å². The summed E-state index contributed by atoms with van der Waals surface area (Å²) in [6.45, 7) is 5.02. The lowest BCUT2D eigenvalue weighted by Gasteiger charge is -2.12. The number of aromatic amines is 1. The van der Waals surface area contributed by atoms with E-state index in [-0.39, 0.29) is 5.91 Å². The van der Waals surface area contributed by atoms with Gasteiger partial charge >= 0.3 is 0 Å². The Morgan fingerprint density at radius 3 is 2.90 bits per heavy atom. The molecule has 0 radical (unpaired) electrons. The number of anilines is 1. The first-order chi connectivity index (χ1) is 9.60. The molecule has 0 fully saturated rings. The van der Waals surface area contributed by atoms with Gasteiger partial charge in [-0.3, -0.25) is 9.89 Å². The molecule has 9 heteroatoms. The van der Waals surface area contributed by atoms with Crippen molar-refractivity contribution in [2.75, 3.05) is 18.9 Å². The third-order valence-corrected chi connectivity index (χ3v) is 3.37. The second-order valence-corrected chi connectivity index (χ2v) is 5.31. The van der Waals surface area contributed by atoms with Crippen LogP contribution in [-0.4, -0.2) is 49.8 Å². The van der Waals surface area contributed by atoms with Gasteiger partial charge in [-0.05, 0) is 13.3 Å². The number of hydrogen-bond donors (Lipinski definition) is 2. The number of nitrogens with one attached hydrogen (secondary N) is 2. The number of nitrogens with zero attached hydrogens (tertiary/aromatic N) is 5. The van der Waals surface area contributed by atoms with Crippen LogP contribution in [0.1, 0.15) is 34.8 Å². The summed E-state index contributed by atoms with van der Waals surface area (Å²) in [5.41, 5.74) is 0. The Bertz CT molecular complexity index is 579. The molecule has 0 aliphatic heterocycles. The van der Waals surface area contributed by atoms with E-state index in [1.165, 1.54) is 16.2 Å². The molecule has 2 heterocycles. The van der Waals surface area contributed by atoms with Crippen LogP contribution in [0.4, 0.5) is 5.13 Å². The summed E-state index contributed by atoms with van der Waals surface area (Å²) in [5.74, 6) is 1.12. The molecule has 0 spiro atoms. The van der Waals surface area contributed by atoms with Crippen LogP contribution in [0, 0.1) is 6.92 Å². The molecule has 2 N–H and O–H groups in total. The lowest BCUT2D eigenvalue weighted by molar-refractivity contribution is 0.0780. The first-order valence-corrected chi connectivity index (χ1v) is 7.12. The number of carbonyl (C=O) groups is 1. The summed E-state index contributed by atoms with van der Waals surface area (Å²) in [7, 11) is 1.69. The molecule has 2 rings (SSSR count). The SMILES string of the molecule is CCCNc1nnc(C(=O)N(C)Cc2n[nH]c(C)n2)s1. The summed E-state index contributed by atoms with van der Waals surface area (Å²) >= 11 is 1.25. The van der Waals surface area contributed by atoms with E-state index in [1.807, 2.05) is 6.92 Å². The minimum absolute atomic E-state index is 0.186. The smallest absolute Gasteiger partial charge is 0.285 e. The van der Waals surface area contributed by atoms with Crippen molar-refractivity contribution in [2.24, 2.45) is 0 Å². The standard InChI is InChI=1S/C11H17N7OS/c1-4-5-12-11-17-16-9(20-11)10(19)18(3)6-8-13-7(2)14-15-8/h4-6H2,1-3H3,(H,12,17)(H,13,14,15). The lowest BCUT2D eigenvalue weighted by Crippen LogP contribution is -2.26. The molecule has 20 heavy (non-hydrogen) atoms. The third kappa shape index (κ3) is 3.50. The average molecular weight is 295 g/mol. The van der Waals surface area contributed by atoms with Crippen LogP contribution < -0.4 is 5.32 Å². The van der Waals surface area contributed by atoms with Crippen molar-refractivity contribution in [3.8, 4) is 0 Å². The van der Waals surface area contributed by atoms with E-state index in [2.05, 4.69) is 37.6 Å². The van der Waals surface area contributed by atoms with Gasteiger partial charge in [-0.2, -0.15) is 5.10 Å². The normalized spacial score (nSPS) is 10.6. The molecule has 2 aromatic rings. The largest absolute Gasteiger partial charge is 0.360 e. The zero-order valence-corrected chi connectivity index (χ0v) is 12.5. The first-order valence-electron chi connectivity index (χ1n) is 6.31. The number of hydrogen-bond acceptors (Lipinski definition) is 7. The van der Waals surface area contributed by atoms with Crippen LogP contribution >= 0.6 is 11.3 Å². The number of amides is 1. The van der Waals surface area contributed by atoms with Crippen molar-refractivity contribution in [3.63, 3.8) is 0 Å². The molecule has 0 unspecified atom stereocenters. The fourth-order valence-electron chi connectivity index (χ4n) is 1.52. The fraction of sp³-hybridized carbons (Fsp3) is 0.545. The molecule has 1 amide bonds. The van der Waals surface area contributed by atoms with Crippen molar-refractivity contribution in [3.05, 3.63) is 16.7 Å². The van der Waals surface area contributed by atoms with Crippen LogP contribution in [0.15, 0.2) is 0 Å². The van der Waals surface area contributed by atoms with E-state index in [1.54, 1.807) is 7.05 Å². The van der Waals surface area contributed by atoms with Gasteiger partial charge in [-0.15, -0.1) is 10.2 Å². The number of H-pyrrole nitrogens is 1. The second-order valence-electron chi connectivity index (χ2n) is 4.34. The van der Waals surface area contributed by atoms with Crippen molar-refractivity contribution < 1.29 is 4.79 Å². The van der Waals surface area contributed by atoms with Gasteiger partial charge < -0.3 is 10.2 Å². The first kappa shape index (κ1) is 14.4. The Hall–Kier alpha value is -2.03. The Morgan fingerprint density at radius 2 is 2.25 bits per heavy atom. The Kier molecular flexibility index (Phi) is 4.61. The van der Waals surface area contributed by atoms with E-state index in [4.69, 9.17) is 0 Å². The highest BCUT2D eigenvalue weighted by molar-refractivity contribution is 7.17. The van der Waals surface area contributed by atoms with Gasteiger partial charge in [0.1, 0.15) is 5.82 Å². The Labute approximate surface area is 120 Å². The third-order valence-electron chi connectivity index (χ3n) is 2.50. The van der Waals surface area contributed by atoms with Gasteiger partial charge in [0.25, 0.3) is 5.91 Å².